The number of piperidine rings is 1. The van der Waals surface area contributed by atoms with E-state index in [1.54, 1.807) is 9.80 Å². The highest BCUT2D eigenvalue weighted by atomic mass is 32.1. The van der Waals surface area contributed by atoms with Gasteiger partial charge in [0.15, 0.2) is 0 Å². The molecule has 1 amide bonds. The number of alkyl halides is 5. The number of amides is 1. The molecule has 0 aromatic carbocycles. The van der Waals surface area contributed by atoms with Gasteiger partial charge in [0.2, 0.25) is 0 Å². The van der Waals surface area contributed by atoms with Crippen molar-refractivity contribution in [3.63, 3.8) is 0 Å². The van der Waals surface area contributed by atoms with E-state index in [0.717, 1.165) is 17.4 Å². The van der Waals surface area contributed by atoms with Crippen molar-refractivity contribution in [2.45, 2.75) is 43.7 Å². The van der Waals surface area contributed by atoms with Crippen molar-refractivity contribution in [3.8, 4) is 0 Å². The van der Waals surface area contributed by atoms with Crippen LogP contribution in [0.15, 0.2) is 11.4 Å². The Hall–Kier alpha value is -2.05. The lowest BCUT2D eigenvalue weighted by molar-refractivity contribution is -0.136. The molecule has 2 aromatic rings. The van der Waals surface area contributed by atoms with Crippen LogP contribution in [-0.2, 0) is 10.9 Å². The molecule has 2 aromatic heterocycles. The molecule has 2 saturated heterocycles. The lowest BCUT2D eigenvalue weighted by Gasteiger charge is -2.34. The first-order valence-corrected chi connectivity index (χ1v) is 12.1. The Morgan fingerprint density at radius 3 is 2.50 bits per heavy atom. The molecular formula is C22H27F5N4O2S. The molecule has 2 aliphatic rings. The number of hydrogen-bond donors (Lipinski definition) is 1. The molecule has 0 saturated carbocycles. The summed E-state index contributed by atoms with van der Waals surface area (Å²) in [7, 11) is 1.42. The Morgan fingerprint density at radius 1 is 1.21 bits per heavy atom. The van der Waals surface area contributed by atoms with Crippen LogP contribution >= 0.6 is 11.3 Å². The molecule has 2 aliphatic heterocycles. The smallest absolute Gasteiger partial charge is 0.373 e. The number of halogens is 5. The van der Waals surface area contributed by atoms with E-state index in [0.29, 0.717) is 45.4 Å². The first-order chi connectivity index (χ1) is 16.2. The minimum atomic E-state index is -4.58. The Labute approximate surface area is 198 Å². The van der Waals surface area contributed by atoms with E-state index in [-0.39, 0.29) is 33.8 Å². The second-order valence-corrected chi connectivity index (χ2v) is 9.50. The van der Waals surface area contributed by atoms with Crippen molar-refractivity contribution >= 4 is 33.3 Å². The summed E-state index contributed by atoms with van der Waals surface area (Å²) in [5.74, 6) is -0.299. The number of aromatic nitrogens is 1. The van der Waals surface area contributed by atoms with Crippen LogP contribution in [0.2, 0.25) is 0 Å². The number of hydrogen-bond acceptors (Lipinski definition) is 6. The van der Waals surface area contributed by atoms with Crippen LogP contribution in [0.4, 0.5) is 27.8 Å². The van der Waals surface area contributed by atoms with Gasteiger partial charge in [-0.3, -0.25) is 9.69 Å². The van der Waals surface area contributed by atoms with Crippen molar-refractivity contribution in [2.75, 3.05) is 51.5 Å². The highest BCUT2D eigenvalue weighted by Gasteiger charge is 2.36. The number of pyridine rings is 1. The van der Waals surface area contributed by atoms with Gasteiger partial charge in [-0.1, -0.05) is 0 Å². The Kier molecular flexibility index (Phi) is 7.58. The zero-order valence-corrected chi connectivity index (χ0v) is 19.5. The van der Waals surface area contributed by atoms with Crippen LogP contribution in [0.25, 0.3) is 10.2 Å². The number of anilines is 1. The summed E-state index contributed by atoms with van der Waals surface area (Å²) in [6, 6.07) is 0.326. The summed E-state index contributed by atoms with van der Waals surface area (Å²) in [4.78, 5) is 20.1. The molecule has 4 heterocycles. The van der Waals surface area contributed by atoms with Crippen molar-refractivity contribution in [2.24, 2.45) is 0 Å². The summed E-state index contributed by atoms with van der Waals surface area (Å²) in [6.45, 7) is 0.504. The Bertz CT molecular complexity index is 1010. The predicted molar refractivity (Wildman–Crippen MR) is 120 cm³/mol. The van der Waals surface area contributed by atoms with Gasteiger partial charge < -0.3 is 15.0 Å². The van der Waals surface area contributed by atoms with Crippen LogP contribution in [0.5, 0.6) is 0 Å². The number of nitrogens with one attached hydrogen (secondary N) is 1. The average Bonchev–Trinajstić information content (AvgIpc) is 3.46. The fourth-order valence-electron chi connectivity index (χ4n) is 4.59. The third kappa shape index (κ3) is 5.13. The number of likely N-dealkylation sites (tertiary alicyclic amines) is 1. The molecular weight excluding hydrogens is 479 g/mol. The van der Waals surface area contributed by atoms with E-state index in [9.17, 15) is 26.7 Å². The highest BCUT2D eigenvalue weighted by molar-refractivity contribution is 7.17. The fraction of sp³-hybridized carbons (Fsp3) is 0.636. The van der Waals surface area contributed by atoms with Gasteiger partial charge in [-0.05, 0) is 25.3 Å². The Morgan fingerprint density at radius 2 is 1.88 bits per heavy atom. The third-order valence-electron chi connectivity index (χ3n) is 6.49. The van der Waals surface area contributed by atoms with E-state index in [1.807, 2.05) is 0 Å². The lowest BCUT2D eigenvalue weighted by atomic mass is 10.1. The van der Waals surface area contributed by atoms with Crippen LogP contribution in [0, 0.1) is 0 Å². The molecule has 34 heavy (non-hydrogen) atoms. The summed E-state index contributed by atoms with van der Waals surface area (Å²) in [6.07, 6.45) is -2.87. The fourth-order valence-corrected chi connectivity index (χ4v) is 5.61. The van der Waals surface area contributed by atoms with Crippen molar-refractivity contribution < 1.29 is 31.5 Å². The van der Waals surface area contributed by atoms with Gasteiger partial charge in [-0.25, -0.2) is 13.8 Å². The number of carbonyl (C=O) groups excluding carboxylic acids is 1. The third-order valence-corrected chi connectivity index (χ3v) is 7.49. The molecule has 0 spiro atoms. The van der Waals surface area contributed by atoms with E-state index in [4.69, 9.17) is 4.74 Å². The van der Waals surface area contributed by atoms with Gasteiger partial charge in [0, 0.05) is 38.6 Å². The van der Waals surface area contributed by atoms with Gasteiger partial charge in [0.25, 0.3) is 5.91 Å². The number of ether oxygens (including phenoxy) is 1. The van der Waals surface area contributed by atoms with Crippen LogP contribution in [0.3, 0.4) is 0 Å². The zero-order chi connectivity index (χ0) is 24.5. The van der Waals surface area contributed by atoms with Crippen molar-refractivity contribution in [3.05, 3.63) is 22.6 Å². The number of nitrogens with zero attached hydrogens (tertiary/aromatic N) is 3. The van der Waals surface area contributed by atoms with E-state index in [1.165, 1.54) is 12.4 Å². The number of thiophene rings is 1. The summed E-state index contributed by atoms with van der Waals surface area (Å²) < 4.78 is 73.3. The average molecular weight is 507 g/mol. The molecule has 2 fully saturated rings. The van der Waals surface area contributed by atoms with Gasteiger partial charge in [0.1, 0.15) is 19.2 Å². The molecule has 4 rings (SSSR count). The standard InChI is InChI=1S/C22H27F5N4O2S/c1-28-21(32)16-12-34-20-17(22(25,26)27)8-18(29-19(16)20)30-5-2-14(3-6-30)33-15-4-7-31(11-15)13(9-23)10-24/h8,12-15H,2-7,9-11H2,1H3,(H,28,32). The van der Waals surface area contributed by atoms with Gasteiger partial charge in [-0.15, -0.1) is 11.3 Å². The number of carbonyl (C=O) groups is 1. The summed E-state index contributed by atoms with van der Waals surface area (Å²) in [5.41, 5.74) is -0.625. The second-order valence-electron chi connectivity index (χ2n) is 8.62. The van der Waals surface area contributed by atoms with Gasteiger partial charge in [-0.2, -0.15) is 13.2 Å². The van der Waals surface area contributed by atoms with Gasteiger partial charge >= 0.3 is 6.18 Å². The van der Waals surface area contributed by atoms with E-state index in [2.05, 4.69) is 10.3 Å². The SMILES string of the molecule is CNC(=O)c1csc2c(C(F)(F)F)cc(N3CCC(OC4CCN(C(CF)CF)C4)CC3)nc12. The molecule has 1 atom stereocenters. The minimum absolute atomic E-state index is 0.0499. The maximum absolute atomic E-state index is 13.8. The zero-order valence-electron chi connectivity index (χ0n) is 18.7. The minimum Gasteiger partial charge on any atom is -0.373 e. The quantitative estimate of drug-likeness (QED) is 0.575. The van der Waals surface area contributed by atoms with E-state index >= 15 is 0 Å². The molecule has 12 heteroatoms. The topological polar surface area (TPSA) is 57.7 Å². The van der Waals surface area contributed by atoms with Crippen molar-refractivity contribution in [1.29, 1.82) is 0 Å². The first-order valence-electron chi connectivity index (χ1n) is 11.2. The molecule has 0 bridgehead atoms. The van der Waals surface area contributed by atoms with Gasteiger partial charge in [0.05, 0.1) is 39.6 Å². The monoisotopic (exact) mass is 506 g/mol. The summed E-state index contributed by atoms with van der Waals surface area (Å²) in [5, 5.41) is 3.85. The molecule has 188 valence electrons. The van der Waals surface area contributed by atoms with Crippen LogP contribution < -0.4 is 10.2 Å². The Balaban J connectivity index is 1.45. The maximum atomic E-state index is 13.8. The van der Waals surface area contributed by atoms with E-state index < -0.39 is 37.0 Å². The molecule has 1 unspecified atom stereocenters. The van der Waals surface area contributed by atoms with Crippen LogP contribution in [-0.4, -0.2) is 80.6 Å². The second kappa shape index (κ2) is 10.3. The first kappa shape index (κ1) is 25.1. The number of rotatable bonds is 7. The molecule has 0 radical (unpaired) electrons. The van der Waals surface area contributed by atoms with Crippen molar-refractivity contribution in [1.82, 2.24) is 15.2 Å². The lowest BCUT2D eigenvalue weighted by Crippen LogP contribution is -2.40. The summed E-state index contributed by atoms with van der Waals surface area (Å²) >= 11 is 0.857. The largest absolute Gasteiger partial charge is 0.417 e. The predicted octanol–water partition coefficient (Wildman–Crippen LogP) is 4.04. The van der Waals surface area contributed by atoms with Crippen LogP contribution in [0.1, 0.15) is 35.2 Å². The number of fused-ring (bicyclic) bond motifs is 1. The maximum Gasteiger partial charge on any atom is 0.417 e. The molecule has 1 N–H and O–H groups in total. The normalized spacial score (nSPS) is 20.6. The highest BCUT2D eigenvalue weighted by Crippen LogP contribution is 2.40. The molecule has 0 aliphatic carbocycles. The molecule has 6 nitrogen and oxygen atoms in total.